The van der Waals surface area contributed by atoms with Crippen LogP contribution < -0.4 is 16.0 Å². The lowest BCUT2D eigenvalue weighted by Gasteiger charge is -2.10. The molecule has 1 aliphatic heterocycles. The van der Waals surface area contributed by atoms with E-state index in [1.54, 1.807) is 0 Å². The Morgan fingerprint density at radius 2 is 1.97 bits per heavy atom. The molecule has 7 nitrogen and oxygen atoms in total. The van der Waals surface area contributed by atoms with E-state index in [0.29, 0.717) is 28.2 Å². The number of aromatic nitrogens is 2. The molecule has 1 amide bonds. The first kappa shape index (κ1) is 21.8. The largest absolute Gasteiger partial charge is 0.368 e. The molecule has 2 heterocycles. The number of benzene rings is 2. The number of hydrogen-bond acceptors (Lipinski definition) is 5. The number of aryl methyl sites for hydroxylation is 1. The topological polar surface area (TPSA) is 94.2 Å². The van der Waals surface area contributed by atoms with Crippen molar-refractivity contribution in [3.05, 3.63) is 87.5 Å². The maximum atomic E-state index is 12.6. The second-order valence-electron chi connectivity index (χ2n) is 7.54. The van der Waals surface area contributed by atoms with Gasteiger partial charge in [0.25, 0.3) is 5.91 Å². The molecule has 1 aliphatic rings. The lowest BCUT2D eigenvalue weighted by Crippen LogP contribution is -2.26. The molecule has 0 atom stereocenters. The van der Waals surface area contributed by atoms with Gasteiger partial charge in [-0.3, -0.25) is 14.9 Å². The fourth-order valence-corrected chi connectivity index (χ4v) is 3.97. The van der Waals surface area contributed by atoms with Crippen molar-refractivity contribution < 1.29 is 4.79 Å². The number of nitrogens with zero attached hydrogens (tertiary/aromatic N) is 2. The standard InChI is InChI=1S/C24H25BrN6O/c1-15-5-3-4-6-19(15)16(2)29-23-20(25)21(30-31-23)24(32)28-12-11-17-7-9-18(10-8-17)22-26-13-14-27-22/h3-10H,2,11-14H2,1H3,(H,26,27)(H,28,32)(H2,29,30,31). The predicted molar refractivity (Wildman–Crippen MR) is 132 cm³/mol. The number of aliphatic imine (C=N–C) groups is 1. The van der Waals surface area contributed by atoms with Gasteiger partial charge in [0.2, 0.25) is 0 Å². The third-order valence-electron chi connectivity index (χ3n) is 5.27. The summed E-state index contributed by atoms with van der Waals surface area (Å²) in [7, 11) is 0. The minimum Gasteiger partial charge on any atom is -0.368 e. The summed E-state index contributed by atoms with van der Waals surface area (Å²) in [6.45, 7) is 8.35. The smallest absolute Gasteiger partial charge is 0.270 e. The quantitative estimate of drug-likeness (QED) is 0.383. The molecule has 0 radical (unpaired) electrons. The van der Waals surface area contributed by atoms with Crippen LogP contribution in [0.1, 0.15) is 32.7 Å². The van der Waals surface area contributed by atoms with Gasteiger partial charge in [-0.15, -0.1) is 0 Å². The Labute approximate surface area is 195 Å². The Hall–Kier alpha value is -3.39. The van der Waals surface area contributed by atoms with Gasteiger partial charge in [0.15, 0.2) is 5.82 Å². The molecule has 164 valence electrons. The molecule has 32 heavy (non-hydrogen) atoms. The van der Waals surface area contributed by atoms with Crippen LogP contribution >= 0.6 is 15.9 Å². The lowest BCUT2D eigenvalue weighted by atomic mass is 10.1. The zero-order chi connectivity index (χ0) is 22.5. The van der Waals surface area contributed by atoms with Gasteiger partial charge in [-0.25, -0.2) is 0 Å². The molecule has 0 fully saturated rings. The number of hydrogen-bond donors (Lipinski definition) is 4. The zero-order valence-electron chi connectivity index (χ0n) is 17.8. The minimum absolute atomic E-state index is 0.222. The van der Waals surface area contributed by atoms with Gasteiger partial charge >= 0.3 is 0 Å². The van der Waals surface area contributed by atoms with Crippen molar-refractivity contribution in [1.29, 1.82) is 0 Å². The Balaban J connectivity index is 1.32. The highest BCUT2D eigenvalue weighted by molar-refractivity contribution is 9.10. The number of amidine groups is 1. The SMILES string of the molecule is C=C(Nc1n[nH]c(C(=O)NCCc2ccc(C3=NCCN3)cc2)c1Br)c1ccccc1C. The number of amides is 1. The maximum Gasteiger partial charge on any atom is 0.270 e. The molecule has 0 saturated heterocycles. The van der Waals surface area contributed by atoms with Crippen molar-refractivity contribution in [3.8, 4) is 0 Å². The van der Waals surface area contributed by atoms with Crippen LogP contribution in [0, 0.1) is 6.92 Å². The van der Waals surface area contributed by atoms with E-state index in [-0.39, 0.29) is 5.91 Å². The summed E-state index contributed by atoms with van der Waals surface area (Å²) in [4.78, 5) is 17.0. The van der Waals surface area contributed by atoms with E-state index in [0.717, 1.165) is 47.6 Å². The highest BCUT2D eigenvalue weighted by Crippen LogP contribution is 2.27. The number of H-pyrrole nitrogens is 1. The molecule has 0 spiro atoms. The first-order chi connectivity index (χ1) is 15.5. The Kier molecular flexibility index (Phi) is 6.70. The van der Waals surface area contributed by atoms with E-state index >= 15 is 0 Å². The number of carbonyl (C=O) groups is 1. The van der Waals surface area contributed by atoms with E-state index in [2.05, 4.69) is 77.9 Å². The summed E-state index contributed by atoms with van der Waals surface area (Å²) in [6.07, 6.45) is 0.729. The molecule has 3 aromatic rings. The van der Waals surface area contributed by atoms with Crippen LogP contribution in [-0.4, -0.2) is 41.6 Å². The monoisotopic (exact) mass is 492 g/mol. The van der Waals surface area contributed by atoms with Crippen LogP contribution in [0.25, 0.3) is 5.70 Å². The third-order valence-corrected chi connectivity index (χ3v) is 6.05. The molecule has 2 aromatic carbocycles. The Morgan fingerprint density at radius 3 is 2.69 bits per heavy atom. The highest BCUT2D eigenvalue weighted by Gasteiger charge is 2.18. The average Bonchev–Trinajstić information content (AvgIpc) is 3.45. The summed E-state index contributed by atoms with van der Waals surface area (Å²) >= 11 is 3.47. The Morgan fingerprint density at radius 1 is 1.19 bits per heavy atom. The average molecular weight is 493 g/mol. The molecule has 4 rings (SSSR count). The number of aromatic amines is 1. The Bertz CT molecular complexity index is 1170. The summed E-state index contributed by atoms with van der Waals surface area (Å²) in [6, 6.07) is 16.2. The van der Waals surface area contributed by atoms with E-state index in [9.17, 15) is 4.79 Å². The first-order valence-electron chi connectivity index (χ1n) is 10.4. The summed E-state index contributed by atoms with van der Waals surface area (Å²) < 4.78 is 0.568. The van der Waals surface area contributed by atoms with Gasteiger partial charge in [0.1, 0.15) is 11.5 Å². The molecule has 0 unspecified atom stereocenters. The maximum absolute atomic E-state index is 12.6. The molecule has 8 heteroatoms. The molecule has 4 N–H and O–H groups in total. The van der Waals surface area contributed by atoms with Crippen LogP contribution in [0.5, 0.6) is 0 Å². The molecular formula is C24H25BrN6O. The van der Waals surface area contributed by atoms with Gasteiger partial charge in [-0.1, -0.05) is 55.1 Å². The molecule has 1 aromatic heterocycles. The van der Waals surface area contributed by atoms with E-state index < -0.39 is 0 Å². The third kappa shape index (κ3) is 4.91. The van der Waals surface area contributed by atoms with E-state index in [1.807, 2.05) is 31.2 Å². The first-order valence-corrected chi connectivity index (χ1v) is 11.2. The minimum atomic E-state index is -0.222. The van der Waals surface area contributed by atoms with Gasteiger partial charge in [0, 0.05) is 29.9 Å². The molecule has 0 aliphatic carbocycles. The second-order valence-corrected chi connectivity index (χ2v) is 8.33. The molecular weight excluding hydrogens is 468 g/mol. The van der Waals surface area contributed by atoms with Crippen molar-refractivity contribution in [2.24, 2.45) is 4.99 Å². The number of halogens is 1. The van der Waals surface area contributed by atoms with Gasteiger partial charge in [0.05, 0.1) is 11.0 Å². The van der Waals surface area contributed by atoms with Crippen molar-refractivity contribution in [2.75, 3.05) is 25.0 Å². The normalized spacial score (nSPS) is 12.8. The van der Waals surface area contributed by atoms with Gasteiger partial charge in [-0.2, -0.15) is 5.10 Å². The van der Waals surface area contributed by atoms with Crippen molar-refractivity contribution in [2.45, 2.75) is 13.3 Å². The van der Waals surface area contributed by atoms with Crippen molar-refractivity contribution in [3.63, 3.8) is 0 Å². The fraction of sp³-hybridized carbons (Fsp3) is 0.208. The molecule has 0 saturated carbocycles. The lowest BCUT2D eigenvalue weighted by molar-refractivity contribution is 0.0948. The van der Waals surface area contributed by atoms with Crippen LogP contribution in [0.3, 0.4) is 0 Å². The summed E-state index contributed by atoms with van der Waals surface area (Å²) in [5.41, 5.74) is 5.41. The van der Waals surface area contributed by atoms with Crippen LogP contribution in [0.4, 0.5) is 5.82 Å². The van der Waals surface area contributed by atoms with E-state index in [4.69, 9.17) is 0 Å². The summed E-state index contributed by atoms with van der Waals surface area (Å²) in [5.74, 6) is 1.24. The predicted octanol–water partition coefficient (Wildman–Crippen LogP) is 3.89. The van der Waals surface area contributed by atoms with E-state index in [1.165, 1.54) is 0 Å². The molecule has 0 bridgehead atoms. The summed E-state index contributed by atoms with van der Waals surface area (Å²) in [5, 5.41) is 16.4. The van der Waals surface area contributed by atoms with Gasteiger partial charge in [-0.05, 0) is 40.4 Å². The zero-order valence-corrected chi connectivity index (χ0v) is 19.4. The fourth-order valence-electron chi connectivity index (χ4n) is 3.51. The number of rotatable bonds is 8. The van der Waals surface area contributed by atoms with Crippen LogP contribution in [0.2, 0.25) is 0 Å². The number of nitrogens with one attached hydrogen (secondary N) is 4. The number of carbonyl (C=O) groups excluding carboxylic acids is 1. The number of anilines is 1. The highest BCUT2D eigenvalue weighted by atomic mass is 79.9. The van der Waals surface area contributed by atoms with Crippen molar-refractivity contribution in [1.82, 2.24) is 20.8 Å². The van der Waals surface area contributed by atoms with Gasteiger partial charge < -0.3 is 16.0 Å². The second kappa shape index (κ2) is 9.82. The van der Waals surface area contributed by atoms with Crippen molar-refractivity contribution >= 4 is 39.2 Å². The van der Waals surface area contributed by atoms with Crippen LogP contribution in [-0.2, 0) is 6.42 Å². The van der Waals surface area contributed by atoms with Crippen LogP contribution in [0.15, 0.2) is 64.6 Å².